The molecule has 1 fully saturated rings. The van der Waals surface area contributed by atoms with Crippen LogP contribution in [0.5, 0.6) is 0 Å². The zero-order chi connectivity index (χ0) is 17.5. The Hall–Kier alpha value is -0.878. The third-order valence-corrected chi connectivity index (χ3v) is 9.04. The van der Waals surface area contributed by atoms with E-state index < -0.39 is 15.2 Å². The van der Waals surface area contributed by atoms with Gasteiger partial charge in [-0.2, -0.15) is 0 Å². The van der Waals surface area contributed by atoms with Crippen molar-refractivity contribution in [2.24, 2.45) is 0 Å². The van der Waals surface area contributed by atoms with Gasteiger partial charge in [-0.25, -0.2) is 0 Å². The standard InChI is InChI=1S/C18H29BO3Si/c1-14(19-21-17(2,3)18(4,5)22-19)16(20-6)23(7,8)15-12-10-9-11-13-15/h9-13,16H,1H2,2-8H3. The van der Waals surface area contributed by atoms with E-state index in [1.807, 2.05) is 6.07 Å². The van der Waals surface area contributed by atoms with Gasteiger partial charge >= 0.3 is 7.12 Å². The number of ether oxygens (including phenoxy) is 1. The predicted molar refractivity (Wildman–Crippen MR) is 99.6 cm³/mol. The van der Waals surface area contributed by atoms with Crippen molar-refractivity contribution < 1.29 is 14.0 Å². The zero-order valence-electron chi connectivity index (χ0n) is 15.5. The zero-order valence-corrected chi connectivity index (χ0v) is 16.5. The second-order valence-corrected chi connectivity index (χ2v) is 12.4. The summed E-state index contributed by atoms with van der Waals surface area (Å²) >= 11 is 0. The molecule has 1 unspecified atom stereocenters. The van der Waals surface area contributed by atoms with E-state index in [4.69, 9.17) is 14.0 Å². The summed E-state index contributed by atoms with van der Waals surface area (Å²) in [5.74, 6) is 0. The lowest BCUT2D eigenvalue weighted by molar-refractivity contribution is 0.00578. The van der Waals surface area contributed by atoms with Crippen LogP contribution in [0.3, 0.4) is 0 Å². The summed E-state index contributed by atoms with van der Waals surface area (Å²) in [6.45, 7) is 17.1. The molecule has 5 heteroatoms. The van der Waals surface area contributed by atoms with Crippen molar-refractivity contribution in [1.29, 1.82) is 0 Å². The Morgan fingerprint density at radius 2 is 1.57 bits per heavy atom. The Morgan fingerprint density at radius 1 is 1.09 bits per heavy atom. The summed E-state index contributed by atoms with van der Waals surface area (Å²) in [6, 6.07) is 10.5. The molecule has 3 nitrogen and oxygen atoms in total. The van der Waals surface area contributed by atoms with Crippen molar-refractivity contribution >= 4 is 20.4 Å². The summed E-state index contributed by atoms with van der Waals surface area (Å²) in [6.07, 6.45) is 0. The SMILES string of the molecule is C=C(B1OC(C)(C)C(C)(C)O1)C(OC)[Si](C)(C)c1ccccc1. The molecule has 1 atom stereocenters. The van der Waals surface area contributed by atoms with Crippen LogP contribution in [0.1, 0.15) is 27.7 Å². The topological polar surface area (TPSA) is 27.7 Å². The monoisotopic (exact) mass is 332 g/mol. The Kier molecular flexibility index (Phi) is 4.98. The van der Waals surface area contributed by atoms with Gasteiger partial charge < -0.3 is 14.0 Å². The first-order chi connectivity index (χ1) is 10.5. The largest absolute Gasteiger partial charge is 0.492 e. The van der Waals surface area contributed by atoms with Crippen molar-refractivity contribution in [3.63, 3.8) is 0 Å². The normalized spacial score (nSPS) is 21.3. The number of rotatable bonds is 5. The Morgan fingerprint density at radius 3 is 2.00 bits per heavy atom. The fourth-order valence-corrected chi connectivity index (χ4v) is 6.05. The van der Waals surface area contributed by atoms with Crippen molar-refractivity contribution in [3.05, 3.63) is 42.4 Å². The molecule has 0 aromatic heterocycles. The smallest absolute Gasteiger partial charge is 0.400 e. The molecule has 126 valence electrons. The third-order valence-electron chi connectivity index (χ3n) is 5.30. The van der Waals surface area contributed by atoms with Crippen molar-refractivity contribution in [2.75, 3.05) is 7.11 Å². The first kappa shape index (κ1) is 18.5. The molecular formula is C18H29BO3Si. The van der Waals surface area contributed by atoms with Crippen molar-refractivity contribution in [1.82, 2.24) is 0 Å². The molecule has 23 heavy (non-hydrogen) atoms. The minimum Gasteiger partial charge on any atom is -0.400 e. The average molecular weight is 332 g/mol. The maximum absolute atomic E-state index is 6.16. The summed E-state index contributed by atoms with van der Waals surface area (Å²) in [5.41, 5.74) is 0.0839. The van der Waals surface area contributed by atoms with E-state index in [0.29, 0.717) is 0 Å². The fraction of sp³-hybridized carbons (Fsp3) is 0.556. The maximum Gasteiger partial charge on any atom is 0.492 e. The first-order valence-electron chi connectivity index (χ1n) is 8.15. The number of hydrogen-bond acceptors (Lipinski definition) is 3. The van der Waals surface area contributed by atoms with Gasteiger partial charge in [0.2, 0.25) is 0 Å². The molecule has 0 radical (unpaired) electrons. The molecule has 1 aromatic rings. The minimum atomic E-state index is -1.91. The predicted octanol–water partition coefficient (Wildman–Crippen LogP) is 3.34. The molecule has 1 aromatic carbocycles. The minimum absolute atomic E-state index is 0.0698. The number of methoxy groups -OCH3 is 1. The summed E-state index contributed by atoms with van der Waals surface area (Å²) in [4.78, 5) is 0. The number of hydrogen-bond donors (Lipinski definition) is 0. The first-order valence-corrected chi connectivity index (χ1v) is 11.2. The van der Waals surface area contributed by atoms with Crippen LogP contribution in [-0.4, -0.2) is 39.2 Å². The van der Waals surface area contributed by atoms with E-state index in [1.54, 1.807) is 7.11 Å². The van der Waals surface area contributed by atoms with Gasteiger partial charge in [0.1, 0.15) is 8.07 Å². The summed E-state index contributed by atoms with van der Waals surface area (Å²) < 4.78 is 18.2. The Labute approximate surface area is 142 Å². The van der Waals surface area contributed by atoms with E-state index in [0.717, 1.165) is 5.47 Å². The van der Waals surface area contributed by atoms with Crippen LogP contribution in [0, 0.1) is 0 Å². The molecule has 1 aliphatic rings. The molecule has 0 N–H and O–H groups in total. The van der Waals surface area contributed by atoms with Gasteiger partial charge in [-0.15, -0.1) is 6.58 Å². The van der Waals surface area contributed by atoms with E-state index in [1.165, 1.54) is 5.19 Å². The van der Waals surface area contributed by atoms with Crippen molar-refractivity contribution in [3.8, 4) is 0 Å². The van der Waals surface area contributed by atoms with Gasteiger partial charge in [-0.1, -0.05) is 48.6 Å². The lowest BCUT2D eigenvalue weighted by Crippen LogP contribution is -2.56. The van der Waals surface area contributed by atoms with Crippen LogP contribution in [0.4, 0.5) is 0 Å². The molecule has 0 saturated carbocycles. The quantitative estimate of drug-likeness (QED) is 0.774. The highest BCUT2D eigenvalue weighted by Gasteiger charge is 2.54. The highest BCUT2D eigenvalue weighted by Crippen LogP contribution is 2.39. The highest BCUT2D eigenvalue weighted by atomic mass is 28.3. The van der Waals surface area contributed by atoms with Crippen LogP contribution >= 0.6 is 0 Å². The molecule has 0 aliphatic carbocycles. The van der Waals surface area contributed by atoms with Crippen LogP contribution in [0.2, 0.25) is 13.1 Å². The van der Waals surface area contributed by atoms with Gasteiger partial charge in [0.25, 0.3) is 0 Å². The molecular weight excluding hydrogens is 303 g/mol. The Bertz CT molecular complexity index is 553. The molecule has 0 spiro atoms. The Balaban J connectivity index is 2.27. The molecule has 1 heterocycles. The molecule has 0 bridgehead atoms. The van der Waals surface area contributed by atoms with E-state index in [-0.39, 0.29) is 16.9 Å². The average Bonchev–Trinajstić information content (AvgIpc) is 2.69. The van der Waals surface area contributed by atoms with Gasteiger partial charge in [-0.3, -0.25) is 0 Å². The van der Waals surface area contributed by atoms with E-state index in [9.17, 15) is 0 Å². The number of benzene rings is 1. The molecule has 1 aliphatic heterocycles. The van der Waals surface area contributed by atoms with Crippen molar-refractivity contribution in [2.45, 2.75) is 57.7 Å². The van der Waals surface area contributed by atoms with E-state index in [2.05, 4.69) is 71.6 Å². The van der Waals surface area contributed by atoms with Gasteiger partial charge in [-0.05, 0) is 33.2 Å². The van der Waals surface area contributed by atoms with Gasteiger partial charge in [0, 0.05) is 7.11 Å². The highest BCUT2D eigenvalue weighted by molar-refractivity contribution is 6.92. The molecule has 2 rings (SSSR count). The second kappa shape index (κ2) is 6.21. The van der Waals surface area contributed by atoms with Crippen LogP contribution in [-0.2, 0) is 14.0 Å². The third kappa shape index (κ3) is 3.34. The van der Waals surface area contributed by atoms with E-state index >= 15 is 0 Å². The fourth-order valence-electron chi connectivity index (χ4n) is 3.05. The molecule has 0 amide bonds. The maximum atomic E-state index is 6.16. The van der Waals surface area contributed by atoms with Gasteiger partial charge in [0.05, 0.1) is 16.9 Å². The van der Waals surface area contributed by atoms with Crippen LogP contribution < -0.4 is 5.19 Å². The van der Waals surface area contributed by atoms with Crippen LogP contribution in [0.15, 0.2) is 42.4 Å². The molecule has 1 saturated heterocycles. The summed E-state index contributed by atoms with van der Waals surface area (Å²) in [7, 11) is -0.595. The summed E-state index contributed by atoms with van der Waals surface area (Å²) in [5, 5.41) is 1.34. The second-order valence-electron chi connectivity index (χ2n) is 7.87. The lowest BCUT2D eigenvalue weighted by atomic mass is 9.79. The van der Waals surface area contributed by atoms with Crippen LogP contribution in [0.25, 0.3) is 0 Å². The van der Waals surface area contributed by atoms with Gasteiger partial charge in [0.15, 0.2) is 0 Å². The lowest BCUT2D eigenvalue weighted by Gasteiger charge is -2.34.